The molecule has 2 rings (SSSR count). The van der Waals surface area contributed by atoms with Crippen molar-refractivity contribution in [1.82, 2.24) is 9.88 Å². The molecule has 0 radical (unpaired) electrons. The summed E-state index contributed by atoms with van der Waals surface area (Å²) in [7, 11) is 0. The summed E-state index contributed by atoms with van der Waals surface area (Å²) in [6.07, 6.45) is 0.750. The number of aryl methyl sites for hydroxylation is 1. The molecule has 0 aromatic carbocycles. The summed E-state index contributed by atoms with van der Waals surface area (Å²) in [5.74, 6) is 0. The van der Waals surface area contributed by atoms with Gasteiger partial charge in [0.2, 0.25) is 0 Å². The van der Waals surface area contributed by atoms with E-state index in [0.717, 1.165) is 30.3 Å². The van der Waals surface area contributed by atoms with Crippen molar-refractivity contribution >= 4 is 22.6 Å². The SMILES string of the molecule is CCc1csc(N2CCN(C(=O)OC(C)(C)C)CC2)n1. The Morgan fingerprint density at radius 1 is 1.35 bits per heavy atom. The Hall–Kier alpha value is -1.30. The summed E-state index contributed by atoms with van der Waals surface area (Å²) in [5, 5.41) is 3.17. The number of ether oxygens (including phenoxy) is 1. The molecule has 6 heteroatoms. The van der Waals surface area contributed by atoms with Gasteiger partial charge in [-0.3, -0.25) is 0 Å². The van der Waals surface area contributed by atoms with Gasteiger partial charge >= 0.3 is 6.09 Å². The lowest BCUT2D eigenvalue weighted by Crippen LogP contribution is -2.50. The van der Waals surface area contributed by atoms with Crippen molar-refractivity contribution in [3.63, 3.8) is 0 Å². The maximum absolute atomic E-state index is 12.0. The molecular formula is C14H23N3O2S. The molecule has 1 aliphatic rings. The van der Waals surface area contributed by atoms with E-state index in [2.05, 4.69) is 22.2 Å². The molecule has 1 aromatic rings. The van der Waals surface area contributed by atoms with Crippen LogP contribution in [0.25, 0.3) is 0 Å². The molecule has 5 nitrogen and oxygen atoms in total. The molecule has 0 aliphatic carbocycles. The zero-order valence-electron chi connectivity index (χ0n) is 12.7. The Bertz CT molecular complexity index is 459. The molecule has 0 saturated carbocycles. The van der Waals surface area contributed by atoms with Crippen molar-refractivity contribution in [3.8, 4) is 0 Å². The molecule has 0 N–H and O–H groups in total. The van der Waals surface area contributed by atoms with Crippen LogP contribution >= 0.6 is 11.3 Å². The van der Waals surface area contributed by atoms with Gasteiger partial charge in [-0.05, 0) is 27.2 Å². The van der Waals surface area contributed by atoms with Crippen molar-refractivity contribution in [2.24, 2.45) is 0 Å². The van der Waals surface area contributed by atoms with E-state index in [9.17, 15) is 4.79 Å². The molecular weight excluding hydrogens is 274 g/mol. The topological polar surface area (TPSA) is 45.7 Å². The summed E-state index contributed by atoms with van der Waals surface area (Å²) in [4.78, 5) is 20.6. The number of hydrogen-bond donors (Lipinski definition) is 0. The second-order valence-electron chi connectivity index (χ2n) is 5.93. The Balaban J connectivity index is 1.87. The smallest absolute Gasteiger partial charge is 0.410 e. The van der Waals surface area contributed by atoms with E-state index in [0.29, 0.717) is 13.1 Å². The van der Waals surface area contributed by atoms with Crippen molar-refractivity contribution in [1.29, 1.82) is 0 Å². The Morgan fingerprint density at radius 2 is 2.00 bits per heavy atom. The molecule has 2 heterocycles. The lowest BCUT2D eigenvalue weighted by atomic mass is 10.2. The van der Waals surface area contributed by atoms with Crippen LogP contribution in [0.5, 0.6) is 0 Å². The molecule has 1 saturated heterocycles. The van der Waals surface area contributed by atoms with Crippen LogP contribution in [0.1, 0.15) is 33.4 Å². The Labute approximate surface area is 124 Å². The number of amides is 1. The van der Waals surface area contributed by atoms with E-state index in [4.69, 9.17) is 4.74 Å². The lowest BCUT2D eigenvalue weighted by Gasteiger charge is -2.35. The number of carbonyl (C=O) groups is 1. The van der Waals surface area contributed by atoms with Gasteiger partial charge in [-0.1, -0.05) is 6.92 Å². The minimum Gasteiger partial charge on any atom is -0.444 e. The standard InChI is InChI=1S/C14H23N3O2S/c1-5-11-10-20-12(15-11)16-6-8-17(9-7-16)13(18)19-14(2,3)4/h10H,5-9H2,1-4H3. The van der Waals surface area contributed by atoms with Crippen molar-refractivity contribution in [2.45, 2.75) is 39.7 Å². The molecule has 1 amide bonds. The minimum atomic E-state index is -0.431. The van der Waals surface area contributed by atoms with Crippen LogP contribution in [0, 0.1) is 0 Å². The number of anilines is 1. The maximum Gasteiger partial charge on any atom is 0.410 e. The summed E-state index contributed by atoms with van der Waals surface area (Å²) in [6, 6.07) is 0. The molecule has 20 heavy (non-hydrogen) atoms. The Morgan fingerprint density at radius 3 is 2.50 bits per heavy atom. The highest BCUT2D eigenvalue weighted by molar-refractivity contribution is 7.13. The molecule has 112 valence electrons. The van der Waals surface area contributed by atoms with Crippen LogP contribution in [-0.2, 0) is 11.2 Å². The van der Waals surface area contributed by atoms with Gasteiger partial charge in [-0.2, -0.15) is 0 Å². The highest BCUT2D eigenvalue weighted by Crippen LogP contribution is 2.22. The zero-order chi connectivity index (χ0) is 14.8. The van der Waals surface area contributed by atoms with Gasteiger partial charge in [0.15, 0.2) is 5.13 Å². The Kier molecular flexibility index (Phi) is 4.52. The van der Waals surface area contributed by atoms with Gasteiger partial charge in [0.1, 0.15) is 5.60 Å². The van der Waals surface area contributed by atoms with E-state index < -0.39 is 5.60 Å². The van der Waals surface area contributed by atoms with E-state index in [-0.39, 0.29) is 6.09 Å². The first-order valence-corrected chi connectivity index (χ1v) is 7.94. The molecule has 1 aromatic heterocycles. The second kappa shape index (κ2) is 5.99. The predicted molar refractivity (Wildman–Crippen MR) is 81.5 cm³/mol. The largest absolute Gasteiger partial charge is 0.444 e. The van der Waals surface area contributed by atoms with Crippen LogP contribution < -0.4 is 4.90 Å². The van der Waals surface area contributed by atoms with E-state index in [1.165, 1.54) is 0 Å². The monoisotopic (exact) mass is 297 g/mol. The zero-order valence-corrected chi connectivity index (χ0v) is 13.5. The highest BCUT2D eigenvalue weighted by atomic mass is 32.1. The third-order valence-electron chi connectivity index (χ3n) is 3.10. The van der Waals surface area contributed by atoms with E-state index in [1.807, 2.05) is 20.8 Å². The lowest BCUT2D eigenvalue weighted by molar-refractivity contribution is 0.0240. The van der Waals surface area contributed by atoms with Crippen LogP contribution in [0.15, 0.2) is 5.38 Å². The second-order valence-corrected chi connectivity index (χ2v) is 6.77. The minimum absolute atomic E-state index is 0.217. The average molecular weight is 297 g/mol. The van der Waals surface area contributed by atoms with Gasteiger partial charge in [-0.15, -0.1) is 11.3 Å². The van der Waals surface area contributed by atoms with Crippen molar-refractivity contribution < 1.29 is 9.53 Å². The van der Waals surface area contributed by atoms with Gasteiger partial charge in [0.25, 0.3) is 0 Å². The molecule has 0 spiro atoms. The first-order valence-electron chi connectivity index (χ1n) is 7.06. The van der Waals surface area contributed by atoms with Crippen LogP contribution in [0.3, 0.4) is 0 Å². The number of nitrogens with zero attached hydrogens (tertiary/aromatic N) is 3. The fraction of sp³-hybridized carbons (Fsp3) is 0.714. The van der Waals surface area contributed by atoms with Crippen LogP contribution in [-0.4, -0.2) is 47.8 Å². The highest BCUT2D eigenvalue weighted by Gasteiger charge is 2.26. The third-order valence-corrected chi connectivity index (χ3v) is 4.05. The quantitative estimate of drug-likeness (QED) is 0.842. The predicted octanol–water partition coefficient (Wildman–Crippen LogP) is 2.76. The van der Waals surface area contributed by atoms with Crippen LogP contribution in [0.2, 0.25) is 0 Å². The normalized spacial score (nSPS) is 16.4. The number of aromatic nitrogens is 1. The first kappa shape index (κ1) is 15.1. The van der Waals surface area contributed by atoms with E-state index >= 15 is 0 Å². The van der Waals surface area contributed by atoms with Crippen molar-refractivity contribution in [2.75, 3.05) is 31.1 Å². The fourth-order valence-electron chi connectivity index (χ4n) is 2.01. The maximum atomic E-state index is 12.0. The van der Waals surface area contributed by atoms with Crippen LogP contribution in [0.4, 0.5) is 9.93 Å². The summed E-state index contributed by atoms with van der Waals surface area (Å²) in [5.41, 5.74) is 0.707. The number of rotatable bonds is 2. The number of hydrogen-bond acceptors (Lipinski definition) is 5. The van der Waals surface area contributed by atoms with Crippen molar-refractivity contribution in [3.05, 3.63) is 11.1 Å². The molecule has 0 unspecified atom stereocenters. The molecule has 0 atom stereocenters. The van der Waals surface area contributed by atoms with Gasteiger partial charge in [0, 0.05) is 31.6 Å². The van der Waals surface area contributed by atoms with E-state index in [1.54, 1.807) is 16.2 Å². The molecule has 1 aliphatic heterocycles. The van der Waals surface area contributed by atoms with Gasteiger partial charge < -0.3 is 14.5 Å². The third kappa shape index (κ3) is 3.85. The first-order chi connectivity index (χ1) is 9.39. The number of thiazole rings is 1. The summed E-state index contributed by atoms with van der Waals surface area (Å²) >= 11 is 1.68. The molecule has 1 fully saturated rings. The average Bonchev–Trinajstić information content (AvgIpc) is 2.85. The summed E-state index contributed by atoms with van der Waals surface area (Å²) < 4.78 is 5.40. The van der Waals surface area contributed by atoms with Gasteiger partial charge in [-0.25, -0.2) is 9.78 Å². The fourth-order valence-corrected chi connectivity index (χ4v) is 2.97. The van der Waals surface area contributed by atoms with Gasteiger partial charge in [0.05, 0.1) is 5.69 Å². The number of carbonyl (C=O) groups excluding carboxylic acids is 1. The summed E-state index contributed by atoms with van der Waals surface area (Å²) in [6.45, 7) is 10.8. The number of piperazine rings is 1. The molecule has 0 bridgehead atoms.